The minimum absolute atomic E-state index is 0.0543. The summed E-state index contributed by atoms with van der Waals surface area (Å²) in [5.74, 6) is 0.171. The molecule has 1 aromatic heterocycles. The Balaban J connectivity index is 2.16. The van der Waals surface area contributed by atoms with Crippen molar-refractivity contribution in [2.75, 3.05) is 13.2 Å². The number of hydrogen-bond donors (Lipinski definition) is 0. The van der Waals surface area contributed by atoms with Crippen molar-refractivity contribution in [3.05, 3.63) is 29.0 Å². The van der Waals surface area contributed by atoms with Gasteiger partial charge in [0, 0.05) is 37.1 Å². The first kappa shape index (κ1) is 10.6. The molecular weight excluding hydrogens is 214 g/mol. The lowest BCUT2D eigenvalue weighted by Crippen LogP contribution is -2.23. The summed E-state index contributed by atoms with van der Waals surface area (Å²) >= 11 is 5.92. The molecule has 0 unspecified atom stereocenters. The van der Waals surface area contributed by atoms with E-state index in [2.05, 4.69) is 4.98 Å². The normalized spacial score (nSPS) is 17.7. The second-order valence-electron chi connectivity index (χ2n) is 3.61. The molecule has 0 bridgehead atoms. The molecule has 0 amide bonds. The fourth-order valence-corrected chi connectivity index (χ4v) is 1.97. The van der Waals surface area contributed by atoms with Gasteiger partial charge in [-0.05, 0) is 18.9 Å². The molecule has 15 heavy (non-hydrogen) atoms. The number of ether oxygens (including phenoxy) is 1. The molecule has 0 aromatic carbocycles. The highest BCUT2D eigenvalue weighted by atomic mass is 35.5. The Kier molecular flexibility index (Phi) is 3.34. The monoisotopic (exact) mass is 225 g/mol. The summed E-state index contributed by atoms with van der Waals surface area (Å²) in [6, 6.07) is 1.68. The SMILES string of the molecule is O=C(c1ccncc1Cl)C1CCOCC1. The fraction of sp³-hybridized carbons (Fsp3) is 0.455. The van der Waals surface area contributed by atoms with Gasteiger partial charge in [0.2, 0.25) is 0 Å². The van der Waals surface area contributed by atoms with Gasteiger partial charge in [-0.1, -0.05) is 11.6 Å². The number of aromatic nitrogens is 1. The summed E-state index contributed by atoms with van der Waals surface area (Å²) in [7, 11) is 0. The van der Waals surface area contributed by atoms with Gasteiger partial charge in [-0.3, -0.25) is 9.78 Å². The van der Waals surface area contributed by atoms with Gasteiger partial charge in [0.25, 0.3) is 0 Å². The number of rotatable bonds is 2. The van der Waals surface area contributed by atoms with Crippen LogP contribution in [0.3, 0.4) is 0 Å². The van der Waals surface area contributed by atoms with E-state index in [4.69, 9.17) is 16.3 Å². The van der Waals surface area contributed by atoms with Crippen molar-refractivity contribution < 1.29 is 9.53 Å². The Morgan fingerprint density at radius 1 is 1.47 bits per heavy atom. The van der Waals surface area contributed by atoms with Crippen LogP contribution in [0.5, 0.6) is 0 Å². The van der Waals surface area contributed by atoms with Gasteiger partial charge in [-0.2, -0.15) is 0 Å². The predicted molar refractivity (Wildman–Crippen MR) is 57.1 cm³/mol. The molecule has 1 aromatic rings. The predicted octanol–water partition coefficient (Wildman–Crippen LogP) is 2.34. The van der Waals surface area contributed by atoms with Crippen molar-refractivity contribution in [1.29, 1.82) is 0 Å². The van der Waals surface area contributed by atoms with E-state index in [1.165, 1.54) is 6.20 Å². The summed E-state index contributed by atoms with van der Waals surface area (Å²) in [4.78, 5) is 15.9. The standard InChI is InChI=1S/C11H12ClNO2/c12-10-7-13-4-1-9(10)11(14)8-2-5-15-6-3-8/h1,4,7-8H,2-3,5-6H2. The number of pyridine rings is 1. The number of hydrogen-bond acceptors (Lipinski definition) is 3. The lowest BCUT2D eigenvalue weighted by molar-refractivity contribution is 0.0545. The Morgan fingerprint density at radius 2 is 2.20 bits per heavy atom. The van der Waals surface area contributed by atoms with Crippen LogP contribution in [0.15, 0.2) is 18.5 Å². The molecule has 0 radical (unpaired) electrons. The Bertz CT molecular complexity index is 361. The number of carbonyl (C=O) groups excluding carboxylic acids is 1. The van der Waals surface area contributed by atoms with Gasteiger partial charge in [0.05, 0.1) is 5.02 Å². The summed E-state index contributed by atoms with van der Waals surface area (Å²) in [6.07, 6.45) is 4.68. The maximum Gasteiger partial charge on any atom is 0.167 e. The molecule has 1 saturated heterocycles. The second kappa shape index (κ2) is 4.73. The number of Topliss-reactive ketones (excluding diaryl/α,β-unsaturated/α-hetero) is 1. The molecule has 2 heterocycles. The number of nitrogens with zero attached hydrogens (tertiary/aromatic N) is 1. The molecule has 0 atom stereocenters. The molecule has 4 heteroatoms. The Labute approximate surface area is 93.4 Å². The van der Waals surface area contributed by atoms with Crippen molar-refractivity contribution in [1.82, 2.24) is 4.98 Å². The summed E-state index contributed by atoms with van der Waals surface area (Å²) < 4.78 is 5.22. The molecule has 1 aliphatic rings. The van der Waals surface area contributed by atoms with E-state index in [1.807, 2.05) is 0 Å². The highest BCUT2D eigenvalue weighted by Crippen LogP contribution is 2.23. The van der Waals surface area contributed by atoms with Crippen LogP contribution in [0.1, 0.15) is 23.2 Å². The van der Waals surface area contributed by atoms with Gasteiger partial charge in [0.1, 0.15) is 0 Å². The zero-order valence-corrected chi connectivity index (χ0v) is 9.04. The first-order valence-corrected chi connectivity index (χ1v) is 5.38. The largest absolute Gasteiger partial charge is 0.381 e. The van der Waals surface area contributed by atoms with Crippen LogP contribution in [-0.2, 0) is 4.74 Å². The zero-order valence-electron chi connectivity index (χ0n) is 8.28. The fourth-order valence-electron chi connectivity index (χ4n) is 1.75. The van der Waals surface area contributed by atoms with E-state index in [1.54, 1.807) is 12.3 Å². The minimum Gasteiger partial charge on any atom is -0.381 e. The number of ketones is 1. The first-order chi connectivity index (χ1) is 7.29. The molecule has 0 saturated carbocycles. The molecule has 0 N–H and O–H groups in total. The highest BCUT2D eigenvalue weighted by molar-refractivity contribution is 6.33. The average molecular weight is 226 g/mol. The van der Waals surface area contributed by atoms with Crippen molar-refractivity contribution in [2.45, 2.75) is 12.8 Å². The lowest BCUT2D eigenvalue weighted by Gasteiger charge is -2.20. The van der Waals surface area contributed by atoms with E-state index in [0.29, 0.717) is 23.8 Å². The van der Waals surface area contributed by atoms with Crippen LogP contribution in [0.2, 0.25) is 5.02 Å². The van der Waals surface area contributed by atoms with E-state index in [9.17, 15) is 4.79 Å². The maximum atomic E-state index is 12.1. The first-order valence-electron chi connectivity index (χ1n) is 5.00. The van der Waals surface area contributed by atoms with Crippen LogP contribution >= 0.6 is 11.6 Å². The van der Waals surface area contributed by atoms with Crippen molar-refractivity contribution in [3.8, 4) is 0 Å². The number of carbonyl (C=O) groups is 1. The molecule has 80 valence electrons. The quantitative estimate of drug-likeness (QED) is 0.726. The highest BCUT2D eigenvalue weighted by Gasteiger charge is 2.24. The molecule has 0 aliphatic carbocycles. The maximum absolute atomic E-state index is 12.1. The van der Waals surface area contributed by atoms with Crippen LogP contribution < -0.4 is 0 Å². The van der Waals surface area contributed by atoms with Gasteiger partial charge in [-0.25, -0.2) is 0 Å². The van der Waals surface area contributed by atoms with E-state index in [0.717, 1.165) is 12.8 Å². The van der Waals surface area contributed by atoms with Gasteiger partial charge >= 0.3 is 0 Å². The molecule has 0 spiro atoms. The van der Waals surface area contributed by atoms with Crippen LogP contribution in [-0.4, -0.2) is 24.0 Å². The van der Waals surface area contributed by atoms with Crippen LogP contribution in [0.4, 0.5) is 0 Å². The van der Waals surface area contributed by atoms with Crippen LogP contribution in [0, 0.1) is 5.92 Å². The second-order valence-corrected chi connectivity index (χ2v) is 4.01. The lowest BCUT2D eigenvalue weighted by atomic mass is 9.91. The molecule has 1 aliphatic heterocycles. The average Bonchev–Trinajstić information content (AvgIpc) is 2.30. The van der Waals surface area contributed by atoms with E-state index < -0.39 is 0 Å². The summed E-state index contributed by atoms with van der Waals surface area (Å²) in [5.41, 5.74) is 0.582. The Morgan fingerprint density at radius 3 is 2.87 bits per heavy atom. The van der Waals surface area contributed by atoms with Gasteiger partial charge < -0.3 is 4.74 Å². The molecule has 3 nitrogen and oxygen atoms in total. The smallest absolute Gasteiger partial charge is 0.167 e. The number of halogens is 1. The van der Waals surface area contributed by atoms with Crippen molar-refractivity contribution in [3.63, 3.8) is 0 Å². The summed E-state index contributed by atoms with van der Waals surface area (Å²) in [5, 5.41) is 0.439. The van der Waals surface area contributed by atoms with Gasteiger partial charge in [0.15, 0.2) is 5.78 Å². The van der Waals surface area contributed by atoms with Crippen LogP contribution in [0.25, 0.3) is 0 Å². The van der Waals surface area contributed by atoms with E-state index >= 15 is 0 Å². The van der Waals surface area contributed by atoms with Crippen molar-refractivity contribution in [2.24, 2.45) is 5.92 Å². The van der Waals surface area contributed by atoms with Gasteiger partial charge in [-0.15, -0.1) is 0 Å². The topological polar surface area (TPSA) is 39.2 Å². The molecule has 1 fully saturated rings. The third-order valence-electron chi connectivity index (χ3n) is 2.63. The third-order valence-corrected chi connectivity index (χ3v) is 2.93. The van der Waals surface area contributed by atoms with Crippen molar-refractivity contribution >= 4 is 17.4 Å². The summed E-state index contributed by atoms with van der Waals surface area (Å²) in [6.45, 7) is 1.33. The Hall–Kier alpha value is -0.930. The van der Waals surface area contributed by atoms with E-state index in [-0.39, 0.29) is 11.7 Å². The molecular formula is C11H12ClNO2. The zero-order chi connectivity index (χ0) is 10.7. The minimum atomic E-state index is 0.0543. The third kappa shape index (κ3) is 2.36. The molecule has 2 rings (SSSR count).